The van der Waals surface area contributed by atoms with Gasteiger partial charge in [-0.2, -0.15) is 4.68 Å². The van der Waals surface area contributed by atoms with E-state index in [-0.39, 0.29) is 11.3 Å². The van der Waals surface area contributed by atoms with E-state index in [1.807, 2.05) is 0 Å². The Morgan fingerprint density at radius 2 is 2.10 bits per heavy atom. The minimum Gasteiger partial charge on any atom is -0.476 e. The Kier molecular flexibility index (Phi) is 4.35. The largest absolute Gasteiger partial charge is 0.476 e. The van der Waals surface area contributed by atoms with E-state index in [1.54, 1.807) is 0 Å². The molecule has 0 aliphatic heterocycles. The summed E-state index contributed by atoms with van der Waals surface area (Å²) in [6, 6.07) is 0. The molecule has 2 rings (SSSR count). The Labute approximate surface area is 121 Å². The van der Waals surface area contributed by atoms with Crippen LogP contribution >= 0.6 is 0 Å². The van der Waals surface area contributed by atoms with Gasteiger partial charge < -0.3 is 5.11 Å². The van der Waals surface area contributed by atoms with E-state index in [0.29, 0.717) is 18.2 Å². The van der Waals surface area contributed by atoms with Crippen molar-refractivity contribution in [3.8, 4) is 0 Å². The summed E-state index contributed by atoms with van der Waals surface area (Å²) in [5.74, 6) is -0.280. The number of nitrogens with zero attached hydrogens (tertiary/aromatic N) is 5. The summed E-state index contributed by atoms with van der Waals surface area (Å²) >= 11 is 0. The number of fused-ring (bicyclic) bond motifs is 1. The first-order chi connectivity index (χ1) is 9.95. The first-order valence-electron chi connectivity index (χ1n) is 7.00. The summed E-state index contributed by atoms with van der Waals surface area (Å²) in [5, 5.41) is 16.6. The summed E-state index contributed by atoms with van der Waals surface area (Å²) in [7, 11) is 1.47. The van der Waals surface area contributed by atoms with Crippen molar-refractivity contribution in [1.82, 2.24) is 24.4 Å². The van der Waals surface area contributed by atoms with Crippen LogP contribution in [-0.2, 0) is 13.5 Å². The first kappa shape index (κ1) is 15.1. The maximum atomic E-state index is 12.1. The van der Waals surface area contributed by atoms with Gasteiger partial charge in [-0.15, -0.1) is 5.10 Å². The van der Waals surface area contributed by atoms with Gasteiger partial charge in [-0.3, -0.25) is 0 Å². The van der Waals surface area contributed by atoms with Crippen LogP contribution in [0.2, 0.25) is 0 Å². The van der Waals surface area contributed by atoms with Crippen LogP contribution in [-0.4, -0.2) is 35.5 Å². The molecule has 21 heavy (non-hydrogen) atoms. The highest BCUT2D eigenvalue weighted by atomic mass is 16.4. The third-order valence-corrected chi connectivity index (χ3v) is 3.51. The molecule has 2 aromatic heterocycles. The number of carbonyl (C=O) groups is 1. The molecular formula is C13H19N5O3. The zero-order chi connectivity index (χ0) is 15.6. The summed E-state index contributed by atoms with van der Waals surface area (Å²) < 4.78 is 2.31. The molecule has 1 unspecified atom stereocenters. The van der Waals surface area contributed by atoms with Gasteiger partial charge in [0, 0.05) is 13.5 Å². The highest BCUT2D eigenvalue weighted by Crippen LogP contribution is 2.15. The van der Waals surface area contributed by atoms with Crippen molar-refractivity contribution in [2.45, 2.75) is 39.5 Å². The quantitative estimate of drug-likeness (QED) is 0.848. The van der Waals surface area contributed by atoms with Crippen LogP contribution in [0.5, 0.6) is 0 Å². The standard InChI is InChI=1S/C13H19N5O3/c1-4-5-8(2)6-7-9-14-10(12(19)20)11-15-16-17(3)13(21)18(9)11/h8H,4-7H2,1-3H3,(H,19,20). The lowest BCUT2D eigenvalue weighted by Crippen LogP contribution is -2.29. The highest BCUT2D eigenvalue weighted by Gasteiger charge is 2.21. The summed E-state index contributed by atoms with van der Waals surface area (Å²) in [4.78, 5) is 27.4. The minimum absolute atomic E-state index is 0.00347. The van der Waals surface area contributed by atoms with Gasteiger partial charge in [-0.1, -0.05) is 31.9 Å². The van der Waals surface area contributed by atoms with Gasteiger partial charge in [0.15, 0.2) is 11.3 Å². The molecule has 8 nitrogen and oxygen atoms in total. The molecule has 0 amide bonds. The van der Waals surface area contributed by atoms with E-state index in [4.69, 9.17) is 5.11 Å². The molecule has 0 spiro atoms. The smallest absolute Gasteiger partial charge is 0.358 e. The molecule has 0 aliphatic carbocycles. The Balaban J connectivity index is 2.45. The van der Waals surface area contributed by atoms with Crippen molar-refractivity contribution < 1.29 is 9.90 Å². The van der Waals surface area contributed by atoms with Gasteiger partial charge in [0.1, 0.15) is 5.82 Å². The molecule has 0 aromatic carbocycles. The lowest BCUT2D eigenvalue weighted by Gasteiger charge is -2.08. The number of aromatic nitrogens is 5. The second-order valence-electron chi connectivity index (χ2n) is 5.27. The third kappa shape index (κ3) is 2.93. The first-order valence-corrected chi connectivity index (χ1v) is 7.00. The molecule has 8 heteroatoms. The molecule has 2 aromatic rings. The van der Waals surface area contributed by atoms with Crippen LogP contribution in [0.3, 0.4) is 0 Å². The highest BCUT2D eigenvalue weighted by molar-refractivity contribution is 5.92. The minimum atomic E-state index is -1.21. The summed E-state index contributed by atoms with van der Waals surface area (Å²) in [5.41, 5.74) is -0.653. The van der Waals surface area contributed by atoms with Crippen LogP contribution in [0.4, 0.5) is 0 Å². The maximum Gasteiger partial charge on any atom is 0.358 e. The molecule has 0 radical (unpaired) electrons. The fourth-order valence-electron chi connectivity index (χ4n) is 2.37. The molecule has 114 valence electrons. The fraction of sp³-hybridized carbons (Fsp3) is 0.615. The Morgan fingerprint density at radius 3 is 2.71 bits per heavy atom. The molecule has 0 saturated heterocycles. The van der Waals surface area contributed by atoms with Crippen molar-refractivity contribution in [2.24, 2.45) is 13.0 Å². The van der Waals surface area contributed by atoms with Crippen LogP contribution < -0.4 is 5.69 Å². The fourth-order valence-corrected chi connectivity index (χ4v) is 2.37. The van der Waals surface area contributed by atoms with Gasteiger partial charge >= 0.3 is 11.7 Å². The van der Waals surface area contributed by atoms with E-state index in [0.717, 1.165) is 23.9 Å². The van der Waals surface area contributed by atoms with Gasteiger partial charge in [0.25, 0.3) is 0 Å². The van der Waals surface area contributed by atoms with E-state index < -0.39 is 11.7 Å². The number of aromatic carboxylic acids is 1. The number of imidazole rings is 1. The van der Waals surface area contributed by atoms with Gasteiger partial charge in [-0.05, 0) is 12.3 Å². The van der Waals surface area contributed by atoms with E-state index in [9.17, 15) is 9.59 Å². The predicted octanol–water partition coefficient (Wildman–Crippen LogP) is 0.890. The van der Waals surface area contributed by atoms with Gasteiger partial charge in [0.05, 0.1) is 0 Å². The molecule has 0 saturated carbocycles. The number of aryl methyl sites for hydroxylation is 2. The van der Waals surface area contributed by atoms with Crippen LogP contribution in [0.15, 0.2) is 4.79 Å². The van der Waals surface area contributed by atoms with E-state index >= 15 is 0 Å². The molecule has 2 heterocycles. The zero-order valence-electron chi connectivity index (χ0n) is 12.4. The Hall–Kier alpha value is -2.25. The lowest BCUT2D eigenvalue weighted by atomic mass is 10.0. The van der Waals surface area contributed by atoms with E-state index in [1.165, 1.54) is 11.4 Å². The van der Waals surface area contributed by atoms with Crippen molar-refractivity contribution in [3.63, 3.8) is 0 Å². The van der Waals surface area contributed by atoms with Gasteiger partial charge in [-0.25, -0.2) is 19.0 Å². The van der Waals surface area contributed by atoms with Crippen molar-refractivity contribution in [2.75, 3.05) is 0 Å². The number of carboxylic acid groups (broad SMARTS) is 1. The van der Waals surface area contributed by atoms with Crippen molar-refractivity contribution >= 4 is 11.6 Å². The molecular weight excluding hydrogens is 274 g/mol. The molecule has 1 N–H and O–H groups in total. The lowest BCUT2D eigenvalue weighted by molar-refractivity contribution is 0.0692. The summed E-state index contributed by atoms with van der Waals surface area (Å²) in [6.07, 6.45) is 3.57. The molecule has 0 aliphatic rings. The number of carboxylic acids is 1. The summed E-state index contributed by atoms with van der Waals surface area (Å²) in [6.45, 7) is 4.25. The monoisotopic (exact) mass is 293 g/mol. The average Bonchev–Trinajstić information content (AvgIpc) is 2.80. The van der Waals surface area contributed by atoms with Gasteiger partial charge in [0.2, 0.25) is 0 Å². The van der Waals surface area contributed by atoms with Crippen LogP contribution in [0, 0.1) is 5.92 Å². The Morgan fingerprint density at radius 1 is 1.38 bits per heavy atom. The average molecular weight is 293 g/mol. The van der Waals surface area contributed by atoms with Crippen molar-refractivity contribution in [1.29, 1.82) is 0 Å². The van der Waals surface area contributed by atoms with Crippen LogP contribution in [0.1, 0.15) is 49.4 Å². The second-order valence-corrected chi connectivity index (χ2v) is 5.27. The Bertz CT molecular complexity index is 718. The predicted molar refractivity (Wildman–Crippen MR) is 75.4 cm³/mol. The SMILES string of the molecule is CCCC(C)CCc1nc(C(=O)O)c2nnn(C)c(=O)n12. The normalized spacial score (nSPS) is 12.7. The van der Waals surface area contributed by atoms with E-state index in [2.05, 4.69) is 29.1 Å². The number of hydrogen-bond acceptors (Lipinski definition) is 5. The maximum absolute atomic E-state index is 12.1. The zero-order valence-corrected chi connectivity index (χ0v) is 12.4. The van der Waals surface area contributed by atoms with Crippen molar-refractivity contribution in [3.05, 3.63) is 22.0 Å². The third-order valence-electron chi connectivity index (χ3n) is 3.51. The number of hydrogen-bond donors (Lipinski definition) is 1. The van der Waals surface area contributed by atoms with Crippen LogP contribution in [0.25, 0.3) is 5.65 Å². The second kappa shape index (κ2) is 6.02. The topological polar surface area (TPSA) is 102 Å². The molecule has 0 fully saturated rings. The number of rotatable bonds is 6. The molecule has 0 bridgehead atoms. The molecule has 1 atom stereocenters.